The molecule has 0 aliphatic heterocycles. The molecule has 0 radical (unpaired) electrons. The Morgan fingerprint density at radius 1 is 0.689 bits per heavy atom. The summed E-state index contributed by atoms with van der Waals surface area (Å²) < 4.78 is 58.3. The van der Waals surface area contributed by atoms with Gasteiger partial charge >= 0.3 is 13.3 Å². The standard InChI is InChI=1S/C36H40F2N3O3P/c1-27(2)25-43-45(42,44-26-28(3)4)36(37,38)32-21-19-30(20-22-32)24-35(31-15-9-6-10-16-31,23-29-13-7-5-8-14-29)41-34-18-12-11-17-33(34)39-40-41/h5-22,27-28H,23-26H2,1-4H3. The SMILES string of the molecule is CC(C)COP(=O)(OCC(C)C)C(F)(F)c1ccc(CC(Cc2ccccc2)(c2ccccc2)n2nnc3ccccc32)cc1. The lowest BCUT2D eigenvalue weighted by Gasteiger charge is -2.36. The van der Waals surface area contributed by atoms with Gasteiger partial charge in [0.15, 0.2) is 0 Å². The van der Waals surface area contributed by atoms with Gasteiger partial charge in [0.1, 0.15) is 5.52 Å². The highest BCUT2D eigenvalue weighted by molar-refractivity contribution is 7.54. The maximum absolute atomic E-state index is 16.0. The number of alkyl halides is 2. The molecule has 1 heterocycles. The van der Waals surface area contributed by atoms with Crippen LogP contribution in [0.15, 0.2) is 109 Å². The van der Waals surface area contributed by atoms with E-state index in [2.05, 4.69) is 34.6 Å². The van der Waals surface area contributed by atoms with E-state index in [0.29, 0.717) is 12.8 Å². The van der Waals surface area contributed by atoms with Crippen molar-refractivity contribution in [2.45, 2.75) is 51.7 Å². The molecular weight excluding hydrogens is 591 g/mol. The molecule has 5 rings (SSSR count). The normalized spacial score (nSPS) is 13.9. The van der Waals surface area contributed by atoms with Crippen LogP contribution in [0.4, 0.5) is 8.78 Å². The Hall–Kier alpha value is -3.71. The van der Waals surface area contributed by atoms with Crippen LogP contribution in [0.25, 0.3) is 11.0 Å². The van der Waals surface area contributed by atoms with Gasteiger partial charge in [-0.2, -0.15) is 8.78 Å². The molecule has 0 N–H and O–H groups in total. The molecule has 1 aromatic heterocycles. The smallest absolute Gasteiger partial charge is 0.304 e. The molecule has 45 heavy (non-hydrogen) atoms. The number of rotatable bonds is 14. The van der Waals surface area contributed by atoms with Crippen molar-refractivity contribution >= 4 is 18.6 Å². The summed E-state index contributed by atoms with van der Waals surface area (Å²) in [5.41, 5.74) is -0.472. The Morgan fingerprint density at radius 3 is 1.78 bits per heavy atom. The van der Waals surface area contributed by atoms with Gasteiger partial charge in [0.25, 0.3) is 0 Å². The molecule has 0 aliphatic rings. The molecule has 0 spiro atoms. The monoisotopic (exact) mass is 631 g/mol. The highest BCUT2D eigenvalue weighted by Gasteiger charge is 2.55. The molecule has 236 valence electrons. The number of fused-ring (bicyclic) bond motifs is 1. The van der Waals surface area contributed by atoms with Crippen LogP contribution in [0.3, 0.4) is 0 Å². The molecule has 9 heteroatoms. The highest BCUT2D eigenvalue weighted by atomic mass is 31.2. The molecular formula is C36H40F2N3O3P. The second-order valence-electron chi connectivity index (χ2n) is 12.3. The lowest BCUT2D eigenvalue weighted by Crippen LogP contribution is -2.40. The van der Waals surface area contributed by atoms with Crippen molar-refractivity contribution in [3.63, 3.8) is 0 Å². The van der Waals surface area contributed by atoms with Crippen LogP contribution >= 0.6 is 7.60 Å². The van der Waals surface area contributed by atoms with Crippen LogP contribution in [-0.4, -0.2) is 28.2 Å². The van der Waals surface area contributed by atoms with Crippen LogP contribution in [-0.2, 0) is 37.7 Å². The first-order valence-electron chi connectivity index (χ1n) is 15.3. The largest absolute Gasteiger partial charge is 0.404 e. The summed E-state index contributed by atoms with van der Waals surface area (Å²) in [6, 6.07) is 34.0. The molecule has 0 bridgehead atoms. The van der Waals surface area contributed by atoms with E-state index in [1.807, 2.05) is 93.0 Å². The van der Waals surface area contributed by atoms with Crippen LogP contribution in [0.2, 0.25) is 0 Å². The zero-order valence-corrected chi connectivity index (χ0v) is 27.0. The maximum Gasteiger partial charge on any atom is 0.404 e. The van der Waals surface area contributed by atoms with Gasteiger partial charge in [0.2, 0.25) is 0 Å². The van der Waals surface area contributed by atoms with Gasteiger partial charge in [0.05, 0.1) is 24.3 Å². The zero-order chi connectivity index (χ0) is 32.1. The van der Waals surface area contributed by atoms with E-state index in [1.165, 1.54) is 12.1 Å². The van der Waals surface area contributed by atoms with Crippen LogP contribution in [0, 0.1) is 11.8 Å². The average Bonchev–Trinajstić information content (AvgIpc) is 3.48. The second kappa shape index (κ2) is 13.7. The van der Waals surface area contributed by atoms with E-state index in [9.17, 15) is 4.57 Å². The number of nitrogens with zero attached hydrogens (tertiary/aromatic N) is 3. The number of hydrogen-bond acceptors (Lipinski definition) is 5. The third-order valence-electron chi connectivity index (χ3n) is 7.71. The Kier molecular flexibility index (Phi) is 9.97. The molecule has 0 saturated carbocycles. The van der Waals surface area contributed by atoms with E-state index in [0.717, 1.165) is 27.7 Å². The average molecular weight is 632 g/mol. The van der Waals surface area contributed by atoms with E-state index >= 15 is 8.78 Å². The number of benzene rings is 4. The zero-order valence-electron chi connectivity index (χ0n) is 26.1. The molecule has 4 aromatic carbocycles. The van der Waals surface area contributed by atoms with E-state index in [-0.39, 0.29) is 25.0 Å². The molecule has 5 aromatic rings. The summed E-state index contributed by atoms with van der Waals surface area (Å²) in [7, 11) is -4.82. The van der Waals surface area contributed by atoms with Crippen molar-refractivity contribution in [3.8, 4) is 0 Å². The van der Waals surface area contributed by atoms with E-state index < -0.39 is 24.4 Å². The quantitative estimate of drug-likeness (QED) is 0.114. The summed E-state index contributed by atoms with van der Waals surface area (Å²) in [6.45, 7) is 7.04. The summed E-state index contributed by atoms with van der Waals surface area (Å²) >= 11 is 0. The minimum atomic E-state index is -4.82. The predicted octanol–water partition coefficient (Wildman–Crippen LogP) is 9.25. The minimum Gasteiger partial charge on any atom is -0.304 e. The maximum atomic E-state index is 16.0. The Labute approximate surface area is 263 Å². The van der Waals surface area contributed by atoms with E-state index in [4.69, 9.17) is 9.05 Å². The number of halogens is 2. The van der Waals surface area contributed by atoms with Crippen LogP contribution < -0.4 is 0 Å². The first-order chi connectivity index (χ1) is 21.5. The Balaban J connectivity index is 1.58. The van der Waals surface area contributed by atoms with Gasteiger partial charge in [-0.1, -0.05) is 130 Å². The van der Waals surface area contributed by atoms with Crippen molar-refractivity contribution in [3.05, 3.63) is 131 Å². The van der Waals surface area contributed by atoms with Gasteiger partial charge in [-0.3, -0.25) is 4.57 Å². The van der Waals surface area contributed by atoms with Gasteiger partial charge < -0.3 is 9.05 Å². The lowest BCUT2D eigenvalue weighted by atomic mass is 9.78. The lowest BCUT2D eigenvalue weighted by molar-refractivity contribution is 0.0279. The molecule has 0 fully saturated rings. The topological polar surface area (TPSA) is 66.2 Å². The summed E-state index contributed by atoms with van der Waals surface area (Å²) in [5, 5.41) is 9.15. The summed E-state index contributed by atoms with van der Waals surface area (Å²) in [5.74, 6) is -0.189. The fourth-order valence-electron chi connectivity index (χ4n) is 5.42. The van der Waals surface area contributed by atoms with Gasteiger partial charge in [-0.15, -0.1) is 5.10 Å². The van der Waals surface area contributed by atoms with Crippen molar-refractivity contribution in [1.82, 2.24) is 15.0 Å². The molecule has 1 unspecified atom stereocenters. The minimum absolute atomic E-state index is 0.0947. The fraction of sp³-hybridized carbons (Fsp3) is 0.333. The van der Waals surface area contributed by atoms with Gasteiger partial charge in [0, 0.05) is 18.4 Å². The molecule has 0 amide bonds. The molecule has 0 saturated heterocycles. The molecule has 1 atom stereocenters. The summed E-state index contributed by atoms with van der Waals surface area (Å²) in [6.07, 6.45) is 1.00. The van der Waals surface area contributed by atoms with Gasteiger partial charge in [-0.05, 0) is 40.7 Å². The number of hydrogen-bond donors (Lipinski definition) is 0. The van der Waals surface area contributed by atoms with Crippen molar-refractivity contribution < 1.29 is 22.4 Å². The number of aromatic nitrogens is 3. The molecule has 6 nitrogen and oxygen atoms in total. The first-order valence-corrected chi connectivity index (χ1v) is 16.9. The van der Waals surface area contributed by atoms with Crippen LogP contribution in [0.5, 0.6) is 0 Å². The van der Waals surface area contributed by atoms with Crippen LogP contribution in [0.1, 0.15) is 49.9 Å². The fourth-order valence-corrected chi connectivity index (χ4v) is 7.27. The number of para-hydroxylation sites is 1. The highest BCUT2D eigenvalue weighted by Crippen LogP contribution is 2.67. The van der Waals surface area contributed by atoms with Crippen molar-refractivity contribution in [1.29, 1.82) is 0 Å². The van der Waals surface area contributed by atoms with Crippen molar-refractivity contribution in [2.75, 3.05) is 13.2 Å². The third-order valence-corrected chi connectivity index (χ3v) is 9.63. The predicted molar refractivity (Wildman–Crippen MR) is 174 cm³/mol. The van der Waals surface area contributed by atoms with Crippen molar-refractivity contribution in [2.24, 2.45) is 11.8 Å². The summed E-state index contributed by atoms with van der Waals surface area (Å²) in [4.78, 5) is 0. The Bertz CT molecular complexity index is 1710. The first kappa shape index (κ1) is 32.7. The Morgan fingerprint density at radius 2 is 1.20 bits per heavy atom. The van der Waals surface area contributed by atoms with Gasteiger partial charge in [-0.25, -0.2) is 4.68 Å². The third kappa shape index (κ3) is 7.09. The van der Waals surface area contributed by atoms with E-state index in [1.54, 1.807) is 12.1 Å². The second-order valence-corrected chi connectivity index (χ2v) is 14.4. The molecule has 0 aliphatic carbocycles.